The maximum absolute atomic E-state index is 9.73. The van der Waals surface area contributed by atoms with Crippen LogP contribution in [0.15, 0.2) is 0 Å². The van der Waals surface area contributed by atoms with Crippen LogP contribution < -0.4 is 5.32 Å². The molecule has 0 amide bonds. The highest BCUT2D eigenvalue weighted by molar-refractivity contribution is 4.94. The van der Waals surface area contributed by atoms with Crippen LogP contribution in [0.3, 0.4) is 0 Å². The Morgan fingerprint density at radius 1 is 1.37 bits per heavy atom. The summed E-state index contributed by atoms with van der Waals surface area (Å²) in [5, 5.41) is 13.4. The van der Waals surface area contributed by atoms with Crippen LogP contribution in [0.5, 0.6) is 0 Å². The summed E-state index contributed by atoms with van der Waals surface area (Å²) < 4.78 is 0. The van der Waals surface area contributed by atoms with E-state index in [0.717, 1.165) is 31.2 Å². The minimum atomic E-state index is -0.0190. The van der Waals surface area contributed by atoms with Crippen LogP contribution in [0.4, 0.5) is 0 Å². The van der Waals surface area contributed by atoms with E-state index in [-0.39, 0.29) is 12.1 Å². The van der Waals surface area contributed by atoms with Gasteiger partial charge >= 0.3 is 0 Å². The molecule has 3 nitrogen and oxygen atoms in total. The van der Waals surface area contributed by atoms with Gasteiger partial charge in [0, 0.05) is 18.1 Å². The Labute approximate surface area is 118 Å². The van der Waals surface area contributed by atoms with E-state index in [1.165, 1.54) is 32.2 Å². The van der Waals surface area contributed by atoms with Crippen LogP contribution in [0.25, 0.3) is 0 Å². The van der Waals surface area contributed by atoms with Crippen LogP contribution in [0.1, 0.15) is 52.4 Å². The molecule has 19 heavy (non-hydrogen) atoms. The third kappa shape index (κ3) is 4.73. The van der Waals surface area contributed by atoms with Gasteiger partial charge in [-0.2, -0.15) is 0 Å². The van der Waals surface area contributed by atoms with Crippen LogP contribution >= 0.6 is 0 Å². The summed E-state index contributed by atoms with van der Waals surface area (Å²) in [5.74, 6) is 1.90. The number of aliphatic hydroxyl groups excluding tert-OH is 1. The lowest BCUT2D eigenvalue weighted by molar-refractivity contribution is 0.138. The fourth-order valence-electron chi connectivity index (χ4n) is 3.08. The van der Waals surface area contributed by atoms with Gasteiger partial charge in [0.25, 0.3) is 0 Å². The van der Waals surface area contributed by atoms with Gasteiger partial charge in [0.2, 0.25) is 0 Å². The highest BCUT2D eigenvalue weighted by atomic mass is 16.3. The molecule has 0 aliphatic heterocycles. The minimum absolute atomic E-state index is 0.0190. The maximum atomic E-state index is 9.73. The second-order valence-corrected chi connectivity index (χ2v) is 7.05. The lowest BCUT2D eigenvalue weighted by Gasteiger charge is -2.33. The summed E-state index contributed by atoms with van der Waals surface area (Å²) in [6, 6.07) is 0.678. The second kappa shape index (κ2) is 6.55. The number of hydrogen-bond acceptors (Lipinski definition) is 3. The third-order valence-corrected chi connectivity index (χ3v) is 5.08. The van der Waals surface area contributed by atoms with E-state index in [1.807, 2.05) is 0 Å². The molecule has 0 saturated heterocycles. The molecule has 3 unspecified atom stereocenters. The van der Waals surface area contributed by atoms with Crippen molar-refractivity contribution in [3.8, 4) is 0 Å². The average molecular weight is 268 g/mol. The first-order valence-corrected chi connectivity index (χ1v) is 8.15. The molecule has 112 valence electrons. The van der Waals surface area contributed by atoms with Gasteiger partial charge < -0.3 is 15.3 Å². The summed E-state index contributed by atoms with van der Waals surface area (Å²) >= 11 is 0. The van der Waals surface area contributed by atoms with E-state index in [2.05, 4.69) is 31.1 Å². The van der Waals surface area contributed by atoms with Crippen molar-refractivity contribution >= 4 is 0 Å². The maximum Gasteiger partial charge on any atom is 0.0613 e. The standard InChI is InChI=1S/C16H32N2O/c1-4-16(12-19,17-15-6-7-15)8-5-9-18(3)11-14-10-13(14)2/h13-15,17,19H,4-12H2,1-3H3. The van der Waals surface area contributed by atoms with Gasteiger partial charge in [-0.25, -0.2) is 0 Å². The number of hydrogen-bond donors (Lipinski definition) is 2. The quantitative estimate of drug-likeness (QED) is 0.638. The first-order chi connectivity index (χ1) is 9.08. The fraction of sp³-hybridized carbons (Fsp3) is 1.00. The van der Waals surface area contributed by atoms with Crippen molar-refractivity contribution in [1.82, 2.24) is 10.2 Å². The monoisotopic (exact) mass is 268 g/mol. The number of rotatable bonds is 10. The Morgan fingerprint density at radius 3 is 2.53 bits per heavy atom. The van der Waals surface area contributed by atoms with E-state index < -0.39 is 0 Å². The van der Waals surface area contributed by atoms with E-state index in [0.29, 0.717) is 6.04 Å². The lowest BCUT2D eigenvalue weighted by atomic mass is 9.91. The summed E-state index contributed by atoms with van der Waals surface area (Å²) in [7, 11) is 2.24. The molecule has 0 spiro atoms. The van der Waals surface area contributed by atoms with Crippen LogP contribution in [-0.2, 0) is 0 Å². The van der Waals surface area contributed by atoms with E-state index in [1.54, 1.807) is 0 Å². The van der Waals surface area contributed by atoms with Crippen LogP contribution in [-0.4, -0.2) is 48.3 Å². The first kappa shape index (κ1) is 15.3. The predicted molar refractivity (Wildman–Crippen MR) is 80.3 cm³/mol. The summed E-state index contributed by atoms with van der Waals surface area (Å²) in [6.45, 7) is 7.25. The molecule has 2 rings (SSSR count). The lowest BCUT2D eigenvalue weighted by Crippen LogP contribution is -2.49. The molecule has 2 saturated carbocycles. The molecule has 2 aliphatic rings. The summed E-state index contributed by atoms with van der Waals surface area (Å²) in [6.07, 6.45) is 7.32. The molecule has 0 aromatic carbocycles. The van der Waals surface area contributed by atoms with Crippen molar-refractivity contribution in [3.05, 3.63) is 0 Å². The van der Waals surface area contributed by atoms with Crippen molar-refractivity contribution < 1.29 is 5.11 Å². The molecule has 0 heterocycles. The average Bonchev–Trinajstić information content (AvgIpc) is 3.29. The van der Waals surface area contributed by atoms with Crippen molar-refractivity contribution in [1.29, 1.82) is 0 Å². The molecule has 3 atom stereocenters. The summed E-state index contributed by atoms with van der Waals surface area (Å²) in [5.41, 5.74) is -0.0190. The smallest absolute Gasteiger partial charge is 0.0613 e. The molecule has 0 bridgehead atoms. The molecule has 0 aromatic rings. The van der Waals surface area contributed by atoms with Gasteiger partial charge in [-0.3, -0.25) is 0 Å². The van der Waals surface area contributed by atoms with Crippen molar-refractivity contribution in [2.75, 3.05) is 26.7 Å². The highest BCUT2D eigenvalue weighted by Crippen LogP contribution is 2.38. The second-order valence-electron chi connectivity index (χ2n) is 7.05. The molecule has 2 fully saturated rings. The number of nitrogens with zero attached hydrogens (tertiary/aromatic N) is 1. The van der Waals surface area contributed by atoms with Gasteiger partial charge in [-0.1, -0.05) is 13.8 Å². The fourth-order valence-corrected chi connectivity index (χ4v) is 3.08. The predicted octanol–water partition coefficient (Wildman–Crippen LogP) is 2.25. The highest BCUT2D eigenvalue weighted by Gasteiger charge is 2.35. The number of nitrogens with one attached hydrogen (secondary N) is 1. The molecular weight excluding hydrogens is 236 g/mol. The first-order valence-electron chi connectivity index (χ1n) is 8.15. The van der Waals surface area contributed by atoms with Gasteiger partial charge in [-0.15, -0.1) is 0 Å². The molecule has 0 aromatic heterocycles. The van der Waals surface area contributed by atoms with Crippen LogP contribution in [0, 0.1) is 11.8 Å². The van der Waals surface area contributed by atoms with Crippen molar-refractivity contribution in [2.24, 2.45) is 11.8 Å². The van der Waals surface area contributed by atoms with E-state index in [9.17, 15) is 5.11 Å². The normalized spacial score (nSPS) is 29.5. The Kier molecular flexibility index (Phi) is 5.27. The van der Waals surface area contributed by atoms with Gasteiger partial charge in [0.15, 0.2) is 0 Å². The van der Waals surface area contributed by atoms with Gasteiger partial charge in [-0.05, 0) is 64.0 Å². The summed E-state index contributed by atoms with van der Waals surface area (Å²) in [4.78, 5) is 2.48. The Balaban J connectivity index is 1.65. The van der Waals surface area contributed by atoms with Crippen molar-refractivity contribution in [3.63, 3.8) is 0 Å². The van der Waals surface area contributed by atoms with E-state index in [4.69, 9.17) is 0 Å². The Morgan fingerprint density at radius 2 is 2.05 bits per heavy atom. The molecule has 3 heteroatoms. The zero-order valence-electron chi connectivity index (χ0n) is 13.0. The molecule has 2 N–H and O–H groups in total. The largest absolute Gasteiger partial charge is 0.394 e. The number of aliphatic hydroxyl groups is 1. The van der Waals surface area contributed by atoms with Gasteiger partial charge in [0.1, 0.15) is 0 Å². The van der Waals surface area contributed by atoms with E-state index >= 15 is 0 Å². The Hall–Kier alpha value is -0.120. The topological polar surface area (TPSA) is 35.5 Å². The minimum Gasteiger partial charge on any atom is -0.394 e. The van der Waals surface area contributed by atoms with Gasteiger partial charge in [0.05, 0.1) is 6.61 Å². The Bertz CT molecular complexity index is 274. The SMILES string of the molecule is CCC(CO)(CCCN(C)CC1CC1C)NC1CC1. The van der Waals surface area contributed by atoms with Crippen LogP contribution in [0.2, 0.25) is 0 Å². The van der Waals surface area contributed by atoms with Crippen molar-refractivity contribution in [2.45, 2.75) is 64.0 Å². The molecule has 2 aliphatic carbocycles. The zero-order chi connectivity index (χ0) is 13.9. The molecule has 0 radical (unpaired) electrons. The molecular formula is C16H32N2O. The zero-order valence-corrected chi connectivity index (χ0v) is 13.0. The third-order valence-electron chi connectivity index (χ3n) is 5.08.